The topological polar surface area (TPSA) is 99.0 Å². The van der Waals surface area contributed by atoms with Gasteiger partial charge in [-0.3, -0.25) is 4.79 Å². The smallest absolute Gasteiger partial charge is 0.217 e. The van der Waals surface area contributed by atoms with Crippen molar-refractivity contribution in [3.63, 3.8) is 0 Å². The van der Waals surface area contributed by atoms with Gasteiger partial charge in [0.15, 0.2) is 0 Å². The Morgan fingerprint density at radius 1 is 1.47 bits per heavy atom. The van der Waals surface area contributed by atoms with E-state index < -0.39 is 28.5 Å². The molecule has 0 aromatic heterocycles. The number of carbonyl (C=O) groups is 1. The minimum absolute atomic E-state index is 0.347. The second kappa shape index (κ2) is 5.39. The van der Waals surface area contributed by atoms with Crippen LogP contribution >= 0.6 is 22.6 Å². The van der Waals surface area contributed by atoms with E-state index in [0.717, 1.165) is 0 Å². The van der Waals surface area contributed by atoms with Gasteiger partial charge in [0.25, 0.3) is 0 Å². The summed E-state index contributed by atoms with van der Waals surface area (Å²) < 4.78 is 4.59. The van der Waals surface area contributed by atoms with Gasteiger partial charge < -0.3 is 25.4 Å². The van der Waals surface area contributed by atoms with E-state index in [2.05, 4.69) is 5.32 Å². The van der Waals surface area contributed by atoms with Crippen molar-refractivity contribution < 1.29 is 24.9 Å². The maximum absolute atomic E-state index is 10.9. The number of halogens is 1. The molecule has 1 heterocycles. The van der Waals surface area contributed by atoms with Gasteiger partial charge in [-0.2, -0.15) is 0 Å². The molecule has 0 radical (unpaired) electrons. The first kappa shape index (κ1) is 13.1. The number of alkyl halides is 1. The molecule has 6 nitrogen and oxygen atoms in total. The summed E-state index contributed by atoms with van der Waals surface area (Å²) in [7, 11) is 0. The lowest BCUT2D eigenvalue weighted by Crippen LogP contribution is -2.63. The van der Waals surface area contributed by atoms with Crippen LogP contribution in [0.4, 0.5) is 0 Å². The van der Waals surface area contributed by atoms with Crippen molar-refractivity contribution in [3.8, 4) is 0 Å². The lowest BCUT2D eigenvalue weighted by Gasteiger charge is -2.40. The number of hydrogen-bond acceptors (Lipinski definition) is 5. The Hall–Kier alpha value is 0.0400. The fourth-order valence-electron chi connectivity index (χ4n) is 1.48. The number of aliphatic hydroxyl groups is 3. The van der Waals surface area contributed by atoms with E-state index >= 15 is 0 Å². The Morgan fingerprint density at radius 3 is 2.53 bits per heavy atom. The summed E-state index contributed by atoms with van der Waals surface area (Å²) in [5.74, 6) is -0.347. The fourth-order valence-corrected chi connectivity index (χ4v) is 2.31. The molecule has 1 rings (SSSR count). The summed E-state index contributed by atoms with van der Waals surface area (Å²) in [6.07, 6.45) is -2.89. The van der Waals surface area contributed by atoms with Gasteiger partial charge in [-0.1, -0.05) is 0 Å². The second-order valence-electron chi connectivity index (χ2n) is 3.42. The molecule has 5 atom stereocenters. The highest BCUT2D eigenvalue weighted by Gasteiger charge is 2.43. The molecule has 15 heavy (non-hydrogen) atoms. The summed E-state index contributed by atoms with van der Waals surface area (Å²) in [5.41, 5.74) is 0. The fraction of sp³-hybridized carbons (Fsp3) is 0.875. The lowest BCUT2D eigenvalue weighted by molar-refractivity contribution is -0.164. The number of nitrogens with one attached hydrogen (secondary N) is 1. The third kappa shape index (κ3) is 3.00. The van der Waals surface area contributed by atoms with Gasteiger partial charge in [0, 0.05) is 6.92 Å². The molecule has 0 aromatic carbocycles. The van der Waals surface area contributed by atoms with Crippen molar-refractivity contribution in [3.05, 3.63) is 0 Å². The standard InChI is InChI=1S/C8H14INO5/c1-3(12)10-5-6(13)4(2-11)15-8(9)7(5)14/h4-8,11,13-14H,2H2,1H3,(H,10,12)/t4?,5?,6-,7?,8-/m1/s1. The minimum atomic E-state index is -1.11. The molecule has 1 aliphatic rings. The monoisotopic (exact) mass is 331 g/mol. The maximum atomic E-state index is 10.9. The molecule has 0 bridgehead atoms. The molecule has 0 aromatic rings. The van der Waals surface area contributed by atoms with Crippen molar-refractivity contribution in [1.29, 1.82) is 0 Å². The van der Waals surface area contributed by atoms with Gasteiger partial charge in [0.1, 0.15) is 22.4 Å². The van der Waals surface area contributed by atoms with Crippen LogP contribution in [0.2, 0.25) is 0 Å². The van der Waals surface area contributed by atoms with Crippen LogP contribution < -0.4 is 5.32 Å². The Labute approximate surface area is 101 Å². The summed E-state index contributed by atoms with van der Waals surface area (Å²) in [6.45, 7) is 0.939. The maximum Gasteiger partial charge on any atom is 0.217 e. The van der Waals surface area contributed by atoms with Gasteiger partial charge in [0.05, 0.1) is 12.6 Å². The highest BCUT2D eigenvalue weighted by atomic mass is 127. The summed E-state index contributed by atoms with van der Waals surface area (Å²) in [6, 6.07) is -0.810. The van der Waals surface area contributed by atoms with Crippen LogP contribution in [-0.4, -0.2) is 56.3 Å². The van der Waals surface area contributed by atoms with Gasteiger partial charge in [-0.25, -0.2) is 0 Å². The Kier molecular flexibility index (Phi) is 4.71. The van der Waals surface area contributed by atoms with E-state index in [1.54, 1.807) is 0 Å². The Balaban J connectivity index is 2.74. The number of ether oxygens (including phenoxy) is 1. The van der Waals surface area contributed by atoms with Crippen LogP contribution in [0.3, 0.4) is 0 Å². The van der Waals surface area contributed by atoms with E-state index in [0.29, 0.717) is 0 Å². The largest absolute Gasteiger partial charge is 0.394 e. The van der Waals surface area contributed by atoms with Gasteiger partial charge in [0.2, 0.25) is 5.91 Å². The van der Waals surface area contributed by atoms with Crippen LogP contribution in [0, 0.1) is 0 Å². The summed E-state index contributed by atoms with van der Waals surface area (Å²) >= 11 is 1.85. The molecule has 1 amide bonds. The van der Waals surface area contributed by atoms with E-state index in [4.69, 9.17) is 9.84 Å². The van der Waals surface area contributed by atoms with Crippen molar-refractivity contribution in [2.24, 2.45) is 0 Å². The SMILES string of the molecule is CC(=O)NC1C(O)[C@H](I)OC(CO)[C@H]1O. The minimum Gasteiger partial charge on any atom is -0.394 e. The molecule has 4 N–H and O–H groups in total. The highest BCUT2D eigenvalue weighted by molar-refractivity contribution is 14.1. The zero-order chi connectivity index (χ0) is 11.6. The molecule has 1 saturated heterocycles. The molecular weight excluding hydrogens is 317 g/mol. The zero-order valence-electron chi connectivity index (χ0n) is 8.13. The molecule has 88 valence electrons. The Morgan fingerprint density at radius 2 is 2.07 bits per heavy atom. The van der Waals surface area contributed by atoms with Crippen molar-refractivity contribution in [1.82, 2.24) is 5.32 Å². The molecule has 1 aliphatic heterocycles. The number of aliphatic hydroxyl groups excluding tert-OH is 3. The van der Waals surface area contributed by atoms with Gasteiger partial charge >= 0.3 is 0 Å². The molecule has 3 unspecified atom stereocenters. The van der Waals surface area contributed by atoms with Crippen LogP contribution in [0.25, 0.3) is 0 Å². The van der Waals surface area contributed by atoms with E-state index in [1.807, 2.05) is 22.6 Å². The van der Waals surface area contributed by atoms with Crippen LogP contribution in [0.1, 0.15) is 6.92 Å². The predicted octanol–water partition coefficient (Wildman–Crippen LogP) is -1.63. The predicted molar refractivity (Wildman–Crippen MR) is 59.4 cm³/mol. The third-order valence-corrected chi connectivity index (χ3v) is 3.27. The first-order valence-electron chi connectivity index (χ1n) is 4.51. The van der Waals surface area contributed by atoms with E-state index in [-0.39, 0.29) is 12.5 Å². The van der Waals surface area contributed by atoms with Crippen molar-refractivity contribution in [2.45, 2.75) is 35.4 Å². The molecular formula is C8H14INO5. The molecule has 1 fully saturated rings. The lowest BCUT2D eigenvalue weighted by atomic mass is 9.97. The Bertz CT molecular complexity index is 239. The van der Waals surface area contributed by atoms with Gasteiger partial charge in [-0.15, -0.1) is 0 Å². The number of hydrogen-bond donors (Lipinski definition) is 4. The van der Waals surface area contributed by atoms with Gasteiger partial charge in [-0.05, 0) is 22.6 Å². The average molecular weight is 331 g/mol. The number of rotatable bonds is 2. The number of amides is 1. The average Bonchev–Trinajstić information content (AvgIpc) is 2.18. The zero-order valence-corrected chi connectivity index (χ0v) is 10.3. The summed E-state index contributed by atoms with van der Waals surface area (Å²) in [4.78, 5) is 10.9. The molecule has 0 spiro atoms. The van der Waals surface area contributed by atoms with Crippen molar-refractivity contribution >= 4 is 28.5 Å². The first-order valence-corrected chi connectivity index (χ1v) is 5.75. The van der Waals surface area contributed by atoms with Crippen LogP contribution in [-0.2, 0) is 9.53 Å². The normalized spacial score (nSPS) is 41.3. The van der Waals surface area contributed by atoms with Crippen LogP contribution in [0.15, 0.2) is 0 Å². The van der Waals surface area contributed by atoms with E-state index in [1.165, 1.54) is 6.92 Å². The summed E-state index contributed by atoms with van der Waals surface area (Å²) in [5, 5.41) is 30.8. The molecule has 0 saturated carbocycles. The molecule has 7 heteroatoms. The second-order valence-corrected chi connectivity index (χ2v) is 4.64. The highest BCUT2D eigenvalue weighted by Crippen LogP contribution is 2.24. The van der Waals surface area contributed by atoms with Crippen molar-refractivity contribution in [2.75, 3.05) is 6.61 Å². The first-order chi connectivity index (χ1) is 6.97. The molecule has 0 aliphatic carbocycles. The number of carbonyl (C=O) groups excluding carboxylic acids is 1. The third-order valence-electron chi connectivity index (χ3n) is 2.24. The van der Waals surface area contributed by atoms with E-state index in [9.17, 15) is 15.0 Å². The quantitative estimate of drug-likeness (QED) is 0.360. The van der Waals surface area contributed by atoms with Crippen LogP contribution in [0.5, 0.6) is 0 Å².